The van der Waals surface area contributed by atoms with Crippen molar-refractivity contribution in [2.45, 2.75) is 23.2 Å². The maximum Gasteiger partial charge on any atom is 0.416 e. The predicted octanol–water partition coefficient (Wildman–Crippen LogP) is 2.77. The molecule has 0 saturated carbocycles. The van der Waals surface area contributed by atoms with E-state index in [2.05, 4.69) is 5.73 Å². The zero-order valence-corrected chi connectivity index (χ0v) is 13.3. The lowest BCUT2D eigenvalue weighted by molar-refractivity contribution is -0.367. The van der Waals surface area contributed by atoms with Crippen LogP contribution in [0.4, 0.5) is 13.2 Å². The van der Waals surface area contributed by atoms with Crippen molar-refractivity contribution in [1.82, 2.24) is 0 Å². The van der Waals surface area contributed by atoms with Crippen molar-refractivity contribution in [3.63, 3.8) is 0 Å². The standard InChI is InChI=1S/C16H16F3NO2S/c1-11-6-8-12(9-7-11)23(21,22)15(10-20)13-4-2-3-5-14(13)16(17,18)19/h2-9,15H,10,20H2,1H3/p+1/t15-/m0/s1. The van der Waals surface area contributed by atoms with Gasteiger partial charge in [0.2, 0.25) is 0 Å². The Kier molecular flexibility index (Phi) is 4.81. The van der Waals surface area contributed by atoms with E-state index < -0.39 is 26.8 Å². The molecular formula is C16H17F3NO2S+. The average Bonchev–Trinajstić information content (AvgIpc) is 2.47. The van der Waals surface area contributed by atoms with Gasteiger partial charge in [0, 0.05) is 0 Å². The number of aryl methyl sites for hydroxylation is 1. The highest BCUT2D eigenvalue weighted by atomic mass is 32.2. The fraction of sp³-hybridized carbons (Fsp3) is 0.250. The first-order chi connectivity index (χ1) is 10.7. The van der Waals surface area contributed by atoms with E-state index in [4.69, 9.17) is 0 Å². The largest absolute Gasteiger partial charge is 0.416 e. The molecule has 3 N–H and O–H groups in total. The molecule has 7 heteroatoms. The Hall–Kier alpha value is -1.86. The van der Waals surface area contributed by atoms with E-state index in [1.165, 1.54) is 30.3 Å². The molecule has 0 saturated heterocycles. The molecule has 3 nitrogen and oxygen atoms in total. The Balaban J connectivity index is 2.59. The molecule has 0 amide bonds. The van der Waals surface area contributed by atoms with Gasteiger partial charge in [-0.25, -0.2) is 8.42 Å². The monoisotopic (exact) mass is 344 g/mol. The zero-order chi connectivity index (χ0) is 17.3. The highest BCUT2D eigenvalue weighted by Gasteiger charge is 2.39. The molecule has 23 heavy (non-hydrogen) atoms. The number of alkyl halides is 3. The second-order valence-corrected chi connectivity index (χ2v) is 7.35. The summed E-state index contributed by atoms with van der Waals surface area (Å²) in [7, 11) is -3.97. The van der Waals surface area contributed by atoms with E-state index in [1.54, 1.807) is 19.1 Å². The molecule has 0 aliphatic rings. The first-order valence-corrected chi connectivity index (χ1v) is 8.48. The van der Waals surface area contributed by atoms with Crippen molar-refractivity contribution in [3.05, 3.63) is 65.2 Å². The van der Waals surface area contributed by atoms with Gasteiger partial charge in [0.15, 0.2) is 9.84 Å². The topological polar surface area (TPSA) is 61.8 Å². The predicted molar refractivity (Wildman–Crippen MR) is 80.3 cm³/mol. The minimum Gasteiger partial charge on any atom is -0.356 e. The number of hydrogen-bond acceptors (Lipinski definition) is 2. The molecule has 0 radical (unpaired) electrons. The van der Waals surface area contributed by atoms with Gasteiger partial charge in [0.25, 0.3) is 0 Å². The van der Waals surface area contributed by atoms with Crippen LogP contribution in [0.2, 0.25) is 0 Å². The third-order valence-electron chi connectivity index (χ3n) is 3.60. The van der Waals surface area contributed by atoms with Crippen LogP contribution < -0.4 is 5.73 Å². The van der Waals surface area contributed by atoms with Crippen molar-refractivity contribution in [2.24, 2.45) is 0 Å². The Morgan fingerprint density at radius 3 is 2.13 bits per heavy atom. The first kappa shape index (κ1) is 17.5. The molecular weight excluding hydrogens is 327 g/mol. The van der Waals surface area contributed by atoms with E-state index in [-0.39, 0.29) is 17.0 Å². The van der Waals surface area contributed by atoms with Gasteiger partial charge in [0.1, 0.15) is 5.25 Å². The molecule has 124 valence electrons. The summed E-state index contributed by atoms with van der Waals surface area (Å²) in [5, 5.41) is -1.34. The third kappa shape index (κ3) is 3.56. The van der Waals surface area contributed by atoms with Crippen LogP contribution >= 0.6 is 0 Å². The summed E-state index contributed by atoms with van der Waals surface area (Å²) in [6.45, 7) is 1.61. The van der Waals surface area contributed by atoms with Crippen LogP contribution in [0.25, 0.3) is 0 Å². The summed E-state index contributed by atoms with van der Waals surface area (Å²) in [6, 6.07) is 10.8. The minimum absolute atomic E-state index is 0.00581. The van der Waals surface area contributed by atoms with Gasteiger partial charge in [0.05, 0.1) is 17.0 Å². The number of hydrogen-bond donors (Lipinski definition) is 1. The Morgan fingerprint density at radius 1 is 1.04 bits per heavy atom. The van der Waals surface area contributed by atoms with Crippen LogP contribution in [-0.4, -0.2) is 15.0 Å². The lowest BCUT2D eigenvalue weighted by Gasteiger charge is -2.19. The van der Waals surface area contributed by atoms with Gasteiger partial charge in [-0.2, -0.15) is 13.2 Å². The van der Waals surface area contributed by atoms with Gasteiger partial charge in [-0.15, -0.1) is 0 Å². The molecule has 0 unspecified atom stereocenters. The molecule has 0 aliphatic carbocycles. The summed E-state index contributed by atoms with van der Waals surface area (Å²) < 4.78 is 65.0. The molecule has 0 aliphatic heterocycles. The fourth-order valence-electron chi connectivity index (χ4n) is 2.41. The highest BCUT2D eigenvalue weighted by Crippen LogP contribution is 2.38. The van der Waals surface area contributed by atoms with E-state index in [0.717, 1.165) is 11.6 Å². The molecule has 1 atom stereocenters. The quantitative estimate of drug-likeness (QED) is 0.927. The van der Waals surface area contributed by atoms with Crippen LogP contribution in [0.15, 0.2) is 53.4 Å². The molecule has 0 fully saturated rings. The van der Waals surface area contributed by atoms with E-state index in [0.29, 0.717) is 0 Å². The highest BCUT2D eigenvalue weighted by molar-refractivity contribution is 7.91. The number of halogens is 3. The molecule has 0 heterocycles. The molecule has 2 aromatic carbocycles. The van der Waals surface area contributed by atoms with E-state index in [1.807, 2.05) is 0 Å². The Morgan fingerprint density at radius 2 is 1.61 bits per heavy atom. The Labute approximate surface area is 132 Å². The normalized spacial score (nSPS) is 13.8. The van der Waals surface area contributed by atoms with E-state index >= 15 is 0 Å². The molecule has 2 rings (SSSR count). The van der Waals surface area contributed by atoms with Gasteiger partial charge >= 0.3 is 6.18 Å². The van der Waals surface area contributed by atoms with Crippen molar-refractivity contribution in [2.75, 3.05) is 6.54 Å². The van der Waals surface area contributed by atoms with Crippen LogP contribution in [-0.2, 0) is 16.0 Å². The molecule has 0 bridgehead atoms. The summed E-state index contributed by atoms with van der Waals surface area (Å²) in [5.41, 5.74) is 3.21. The smallest absolute Gasteiger partial charge is 0.356 e. The maximum atomic E-state index is 13.2. The van der Waals surface area contributed by atoms with Crippen LogP contribution in [0.1, 0.15) is 21.9 Å². The number of sulfone groups is 1. The number of quaternary nitrogens is 1. The molecule has 0 spiro atoms. The Bertz CT molecular complexity index is 784. The SMILES string of the molecule is Cc1ccc(S(=O)(=O)[C@@H](C[NH3+])c2ccccc2C(F)(F)F)cc1. The summed E-state index contributed by atoms with van der Waals surface area (Å²) in [5.74, 6) is 0. The lowest BCUT2D eigenvalue weighted by Crippen LogP contribution is -2.54. The minimum atomic E-state index is -4.62. The summed E-state index contributed by atoms with van der Waals surface area (Å²) in [6.07, 6.45) is -4.62. The van der Waals surface area contributed by atoms with Crippen molar-refractivity contribution in [1.29, 1.82) is 0 Å². The summed E-state index contributed by atoms with van der Waals surface area (Å²) in [4.78, 5) is -0.00581. The summed E-state index contributed by atoms with van der Waals surface area (Å²) >= 11 is 0. The van der Waals surface area contributed by atoms with Crippen LogP contribution in [0.3, 0.4) is 0 Å². The van der Waals surface area contributed by atoms with Crippen LogP contribution in [0, 0.1) is 6.92 Å². The van der Waals surface area contributed by atoms with Crippen LogP contribution in [0.5, 0.6) is 0 Å². The third-order valence-corrected chi connectivity index (χ3v) is 5.77. The van der Waals surface area contributed by atoms with Gasteiger partial charge in [-0.3, -0.25) is 0 Å². The zero-order valence-electron chi connectivity index (χ0n) is 12.5. The lowest BCUT2D eigenvalue weighted by atomic mass is 10.0. The number of benzene rings is 2. The fourth-order valence-corrected chi connectivity index (χ4v) is 4.10. The van der Waals surface area contributed by atoms with Gasteiger partial charge in [-0.05, 0) is 30.7 Å². The second kappa shape index (κ2) is 6.33. The van der Waals surface area contributed by atoms with E-state index in [9.17, 15) is 21.6 Å². The van der Waals surface area contributed by atoms with Crippen molar-refractivity contribution >= 4 is 9.84 Å². The number of rotatable bonds is 4. The second-order valence-electron chi connectivity index (χ2n) is 5.22. The molecule has 2 aromatic rings. The van der Waals surface area contributed by atoms with Crippen molar-refractivity contribution < 1.29 is 27.3 Å². The first-order valence-electron chi connectivity index (χ1n) is 6.94. The van der Waals surface area contributed by atoms with Crippen molar-refractivity contribution in [3.8, 4) is 0 Å². The maximum absolute atomic E-state index is 13.2. The van der Waals surface area contributed by atoms with Gasteiger partial charge < -0.3 is 5.73 Å². The average molecular weight is 344 g/mol. The molecule has 0 aromatic heterocycles. The van der Waals surface area contributed by atoms with Gasteiger partial charge in [-0.1, -0.05) is 35.9 Å².